The third-order valence-electron chi connectivity index (χ3n) is 2.80. The number of amides is 1. The van der Waals surface area contributed by atoms with Crippen molar-refractivity contribution in [2.75, 3.05) is 24.3 Å². The molecule has 0 saturated carbocycles. The largest absolute Gasteiger partial charge is 0.495 e. The SMILES string of the molecule is COc1ccc(Cl)cc1NCC(=O)Nc1ccc(F)c(Cl)c1. The van der Waals surface area contributed by atoms with E-state index in [0.717, 1.165) is 0 Å². The Balaban J connectivity index is 1.98. The van der Waals surface area contributed by atoms with Crippen molar-refractivity contribution in [3.8, 4) is 5.75 Å². The monoisotopic (exact) mass is 342 g/mol. The first-order valence-electron chi connectivity index (χ1n) is 6.32. The number of nitrogens with one attached hydrogen (secondary N) is 2. The van der Waals surface area contributed by atoms with Gasteiger partial charge in [0.05, 0.1) is 24.4 Å². The van der Waals surface area contributed by atoms with Crippen LogP contribution in [-0.2, 0) is 4.79 Å². The number of ether oxygens (including phenoxy) is 1. The number of rotatable bonds is 5. The first-order chi connectivity index (χ1) is 10.5. The molecule has 7 heteroatoms. The molecule has 2 N–H and O–H groups in total. The van der Waals surface area contributed by atoms with Crippen molar-refractivity contribution in [1.29, 1.82) is 0 Å². The van der Waals surface area contributed by atoms with Gasteiger partial charge in [0.25, 0.3) is 0 Å². The summed E-state index contributed by atoms with van der Waals surface area (Å²) in [5.74, 6) is -0.284. The van der Waals surface area contributed by atoms with Gasteiger partial charge in [0.1, 0.15) is 11.6 Å². The summed E-state index contributed by atoms with van der Waals surface area (Å²) in [5, 5.41) is 6.00. The summed E-state index contributed by atoms with van der Waals surface area (Å²) in [6.45, 7) is -0.00824. The fourth-order valence-electron chi connectivity index (χ4n) is 1.77. The average Bonchev–Trinajstić information content (AvgIpc) is 2.49. The minimum atomic E-state index is -0.540. The minimum absolute atomic E-state index is 0.00824. The lowest BCUT2D eigenvalue weighted by Crippen LogP contribution is -2.22. The predicted molar refractivity (Wildman–Crippen MR) is 86.5 cm³/mol. The molecule has 2 aromatic rings. The van der Waals surface area contributed by atoms with Gasteiger partial charge in [-0.3, -0.25) is 4.79 Å². The van der Waals surface area contributed by atoms with Crippen LogP contribution in [0.3, 0.4) is 0 Å². The zero-order valence-corrected chi connectivity index (χ0v) is 13.1. The molecule has 2 aromatic carbocycles. The number of benzene rings is 2. The van der Waals surface area contributed by atoms with Crippen molar-refractivity contribution in [2.24, 2.45) is 0 Å². The second-order valence-electron chi connectivity index (χ2n) is 4.38. The second-order valence-corrected chi connectivity index (χ2v) is 5.22. The fourth-order valence-corrected chi connectivity index (χ4v) is 2.13. The van der Waals surface area contributed by atoms with Crippen LogP contribution in [0.2, 0.25) is 10.0 Å². The van der Waals surface area contributed by atoms with E-state index in [1.165, 1.54) is 25.3 Å². The van der Waals surface area contributed by atoms with E-state index < -0.39 is 5.82 Å². The quantitative estimate of drug-likeness (QED) is 0.856. The van der Waals surface area contributed by atoms with Gasteiger partial charge in [-0.1, -0.05) is 23.2 Å². The van der Waals surface area contributed by atoms with E-state index in [0.29, 0.717) is 22.1 Å². The topological polar surface area (TPSA) is 50.4 Å². The third kappa shape index (κ3) is 4.26. The molecule has 1 amide bonds. The third-order valence-corrected chi connectivity index (χ3v) is 3.33. The van der Waals surface area contributed by atoms with Crippen LogP contribution in [0.1, 0.15) is 0 Å². The van der Waals surface area contributed by atoms with E-state index in [2.05, 4.69) is 10.6 Å². The predicted octanol–water partition coefficient (Wildman–Crippen LogP) is 4.19. The van der Waals surface area contributed by atoms with Crippen LogP contribution in [0.15, 0.2) is 36.4 Å². The molecule has 0 spiro atoms. The first kappa shape index (κ1) is 16.4. The second kappa shape index (κ2) is 7.33. The van der Waals surface area contributed by atoms with E-state index in [1.807, 2.05) is 0 Å². The molecule has 0 aromatic heterocycles. The van der Waals surface area contributed by atoms with Crippen molar-refractivity contribution in [3.63, 3.8) is 0 Å². The minimum Gasteiger partial charge on any atom is -0.495 e. The van der Waals surface area contributed by atoms with Gasteiger partial charge < -0.3 is 15.4 Å². The summed E-state index contributed by atoms with van der Waals surface area (Å²) in [7, 11) is 1.52. The number of carbonyl (C=O) groups is 1. The van der Waals surface area contributed by atoms with Gasteiger partial charge in [0, 0.05) is 10.7 Å². The smallest absolute Gasteiger partial charge is 0.243 e. The number of hydrogen-bond acceptors (Lipinski definition) is 3. The Morgan fingerprint density at radius 2 is 2.00 bits per heavy atom. The molecule has 4 nitrogen and oxygen atoms in total. The van der Waals surface area contributed by atoms with Gasteiger partial charge in [0.15, 0.2) is 0 Å². The number of halogens is 3. The summed E-state index contributed by atoms with van der Waals surface area (Å²) in [6.07, 6.45) is 0. The summed E-state index contributed by atoms with van der Waals surface area (Å²) in [6, 6.07) is 9.00. The molecular formula is C15H13Cl2FN2O2. The van der Waals surface area contributed by atoms with Crippen molar-refractivity contribution in [3.05, 3.63) is 52.3 Å². The van der Waals surface area contributed by atoms with Crippen LogP contribution in [0.4, 0.5) is 15.8 Å². The molecule has 0 atom stereocenters. The summed E-state index contributed by atoms with van der Waals surface area (Å²) in [5.41, 5.74) is 1.01. The maximum Gasteiger partial charge on any atom is 0.243 e. The van der Waals surface area contributed by atoms with Crippen molar-refractivity contribution < 1.29 is 13.9 Å². The molecule has 0 aliphatic rings. The average molecular weight is 343 g/mol. The van der Waals surface area contributed by atoms with E-state index in [9.17, 15) is 9.18 Å². The van der Waals surface area contributed by atoms with Gasteiger partial charge in [-0.05, 0) is 36.4 Å². The van der Waals surface area contributed by atoms with Gasteiger partial charge >= 0.3 is 0 Å². The first-order valence-corrected chi connectivity index (χ1v) is 7.07. The van der Waals surface area contributed by atoms with E-state index in [1.54, 1.807) is 18.2 Å². The molecule has 0 unspecified atom stereocenters. The molecule has 0 radical (unpaired) electrons. The molecule has 0 fully saturated rings. The van der Waals surface area contributed by atoms with Crippen LogP contribution in [0, 0.1) is 5.82 Å². The molecule has 0 aliphatic heterocycles. The van der Waals surface area contributed by atoms with Crippen LogP contribution < -0.4 is 15.4 Å². The van der Waals surface area contributed by atoms with E-state index in [4.69, 9.17) is 27.9 Å². The van der Waals surface area contributed by atoms with Crippen molar-refractivity contribution in [2.45, 2.75) is 0 Å². The lowest BCUT2D eigenvalue weighted by molar-refractivity contribution is -0.114. The molecule has 116 valence electrons. The number of hydrogen-bond donors (Lipinski definition) is 2. The van der Waals surface area contributed by atoms with Crippen LogP contribution in [0.5, 0.6) is 5.75 Å². The summed E-state index contributed by atoms with van der Waals surface area (Å²) in [4.78, 5) is 11.9. The molecule has 0 bridgehead atoms. The lowest BCUT2D eigenvalue weighted by atomic mass is 10.3. The van der Waals surface area contributed by atoms with Crippen molar-refractivity contribution in [1.82, 2.24) is 0 Å². The highest BCUT2D eigenvalue weighted by Gasteiger charge is 2.08. The highest BCUT2D eigenvalue weighted by Crippen LogP contribution is 2.27. The van der Waals surface area contributed by atoms with E-state index >= 15 is 0 Å². The Bertz CT molecular complexity index is 695. The fraction of sp³-hybridized carbons (Fsp3) is 0.133. The Labute approximate surface area is 137 Å². The number of carbonyl (C=O) groups excluding carboxylic acids is 1. The van der Waals surface area contributed by atoms with E-state index in [-0.39, 0.29) is 17.5 Å². The Morgan fingerprint density at radius 3 is 2.68 bits per heavy atom. The maximum atomic E-state index is 13.0. The molecule has 0 saturated heterocycles. The molecule has 0 aliphatic carbocycles. The van der Waals surface area contributed by atoms with Crippen LogP contribution >= 0.6 is 23.2 Å². The lowest BCUT2D eigenvalue weighted by Gasteiger charge is -2.12. The molecule has 22 heavy (non-hydrogen) atoms. The number of anilines is 2. The molecule has 2 rings (SSSR count). The number of methoxy groups -OCH3 is 1. The van der Waals surface area contributed by atoms with Gasteiger partial charge in [0.2, 0.25) is 5.91 Å². The maximum absolute atomic E-state index is 13.0. The summed E-state index contributed by atoms with van der Waals surface area (Å²) < 4.78 is 18.2. The Kier molecular flexibility index (Phi) is 5.46. The Hall–Kier alpha value is -1.98. The standard InChI is InChI=1S/C15H13Cl2FN2O2/c1-22-14-5-2-9(16)6-13(14)19-8-15(21)20-10-3-4-12(18)11(17)7-10/h2-7,19H,8H2,1H3,(H,20,21). The summed E-state index contributed by atoms with van der Waals surface area (Å²) >= 11 is 11.6. The Morgan fingerprint density at radius 1 is 1.23 bits per heavy atom. The normalized spacial score (nSPS) is 10.2. The van der Waals surface area contributed by atoms with Crippen LogP contribution in [-0.4, -0.2) is 19.6 Å². The molecular weight excluding hydrogens is 330 g/mol. The van der Waals surface area contributed by atoms with Crippen LogP contribution in [0.25, 0.3) is 0 Å². The zero-order chi connectivity index (χ0) is 16.1. The molecule has 0 heterocycles. The highest BCUT2D eigenvalue weighted by molar-refractivity contribution is 6.31. The zero-order valence-electron chi connectivity index (χ0n) is 11.6. The van der Waals surface area contributed by atoms with Gasteiger partial charge in [-0.2, -0.15) is 0 Å². The van der Waals surface area contributed by atoms with Gasteiger partial charge in [-0.15, -0.1) is 0 Å². The highest BCUT2D eigenvalue weighted by atomic mass is 35.5. The van der Waals surface area contributed by atoms with Crippen molar-refractivity contribution >= 4 is 40.5 Å². The van der Waals surface area contributed by atoms with Gasteiger partial charge in [-0.25, -0.2) is 4.39 Å².